The molecule has 2 amide bonds. The largest absolute Gasteiger partial charge is 0.372 e. The second-order valence-electron chi connectivity index (χ2n) is 5.62. The highest BCUT2D eigenvalue weighted by molar-refractivity contribution is 6.05. The minimum Gasteiger partial charge on any atom is -0.372 e. The van der Waals surface area contributed by atoms with Gasteiger partial charge >= 0.3 is 0 Å². The third-order valence-corrected chi connectivity index (χ3v) is 3.99. The van der Waals surface area contributed by atoms with Gasteiger partial charge in [0.15, 0.2) is 0 Å². The van der Waals surface area contributed by atoms with Crippen LogP contribution in [0.3, 0.4) is 0 Å². The number of nitrogens with one attached hydrogen (secondary N) is 2. The van der Waals surface area contributed by atoms with Crippen LogP contribution in [0.1, 0.15) is 29.8 Å². The predicted molar refractivity (Wildman–Crippen MR) is 104 cm³/mol. The second-order valence-corrected chi connectivity index (χ2v) is 5.62. The van der Waals surface area contributed by atoms with Gasteiger partial charge in [0.1, 0.15) is 5.70 Å². The predicted octanol–water partition coefficient (Wildman–Crippen LogP) is 2.29. The normalized spacial score (nSPS) is 11.0. The number of benzene rings is 2. The lowest BCUT2D eigenvalue weighted by Crippen LogP contribution is -2.38. The van der Waals surface area contributed by atoms with Crippen LogP contribution in [0.2, 0.25) is 0 Å². The molecule has 0 bridgehead atoms. The molecular formula is C20H24N4O2. The fourth-order valence-corrected chi connectivity index (χ4v) is 2.56. The number of hydrazine groups is 1. The van der Waals surface area contributed by atoms with Gasteiger partial charge in [0, 0.05) is 24.3 Å². The van der Waals surface area contributed by atoms with Crippen LogP contribution in [0.15, 0.2) is 60.3 Å². The summed E-state index contributed by atoms with van der Waals surface area (Å²) >= 11 is 0. The van der Waals surface area contributed by atoms with E-state index in [1.54, 1.807) is 30.3 Å². The number of carbonyl (C=O) groups is 2. The van der Waals surface area contributed by atoms with Crippen molar-refractivity contribution in [2.24, 2.45) is 5.84 Å². The van der Waals surface area contributed by atoms with Crippen molar-refractivity contribution in [1.29, 1.82) is 0 Å². The van der Waals surface area contributed by atoms with Gasteiger partial charge in [-0.05, 0) is 49.8 Å². The van der Waals surface area contributed by atoms with Crippen LogP contribution in [0, 0.1) is 0 Å². The summed E-state index contributed by atoms with van der Waals surface area (Å²) in [5.41, 5.74) is 4.49. The Labute approximate surface area is 153 Å². The van der Waals surface area contributed by atoms with Gasteiger partial charge in [0.25, 0.3) is 11.8 Å². The molecule has 0 fully saturated rings. The standard InChI is InChI=1S/C20H24N4O2/c1-3-24(4-2)17-12-10-15(11-13-17)14-18(20(26)23-21)22-19(25)16-8-6-5-7-9-16/h5-14H,3-4,21H2,1-2H3,(H,22,25)(H,23,26)/b18-14-. The van der Waals surface area contributed by atoms with E-state index >= 15 is 0 Å². The molecule has 6 nitrogen and oxygen atoms in total. The van der Waals surface area contributed by atoms with Gasteiger partial charge in [-0.15, -0.1) is 0 Å². The summed E-state index contributed by atoms with van der Waals surface area (Å²) in [5, 5.41) is 2.61. The van der Waals surface area contributed by atoms with E-state index < -0.39 is 5.91 Å². The summed E-state index contributed by atoms with van der Waals surface area (Å²) in [6, 6.07) is 16.4. The summed E-state index contributed by atoms with van der Waals surface area (Å²) in [6.07, 6.45) is 1.59. The van der Waals surface area contributed by atoms with E-state index in [4.69, 9.17) is 5.84 Å². The Morgan fingerprint density at radius 3 is 2.15 bits per heavy atom. The fourth-order valence-electron chi connectivity index (χ4n) is 2.56. The van der Waals surface area contributed by atoms with Crippen molar-refractivity contribution < 1.29 is 9.59 Å². The molecule has 0 spiro atoms. The van der Waals surface area contributed by atoms with Crippen molar-refractivity contribution in [3.05, 3.63) is 71.4 Å². The van der Waals surface area contributed by atoms with Crippen molar-refractivity contribution in [2.45, 2.75) is 13.8 Å². The topological polar surface area (TPSA) is 87.5 Å². The molecule has 4 N–H and O–H groups in total. The summed E-state index contributed by atoms with van der Waals surface area (Å²) < 4.78 is 0. The summed E-state index contributed by atoms with van der Waals surface area (Å²) in [4.78, 5) is 26.6. The van der Waals surface area contributed by atoms with Crippen molar-refractivity contribution in [2.75, 3.05) is 18.0 Å². The van der Waals surface area contributed by atoms with Crippen LogP contribution in [0.5, 0.6) is 0 Å². The van der Waals surface area contributed by atoms with Gasteiger partial charge < -0.3 is 10.2 Å². The van der Waals surface area contributed by atoms with E-state index in [1.807, 2.05) is 30.3 Å². The molecule has 0 saturated heterocycles. The van der Waals surface area contributed by atoms with Gasteiger partial charge in [-0.3, -0.25) is 15.0 Å². The second kappa shape index (κ2) is 9.39. The summed E-state index contributed by atoms with van der Waals surface area (Å²) in [5.74, 6) is 4.30. The number of anilines is 1. The van der Waals surface area contributed by atoms with Gasteiger partial charge in [-0.2, -0.15) is 0 Å². The highest BCUT2D eigenvalue weighted by Crippen LogP contribution is 2.16. The molecular weight excluding hydrogens is 328 g/mol. The molecule has 26 heavy (non-hydrogen) atoms. The van der Waals surface area contributed by atoms with E-state index in [2.05, 4.69) is 29.5 Å². The first-order chi connectivity index (χ1) is 12.6. The molecule has 0 aliphatic carbocycles. The molecule has 0 aliphatic rings. The summed E-state index contributed by atoms with van der Waals surface area (Å²) in [6.45, 7) is 6.03. The number of amides is 2. The van der Waals surface area contributed by atoms with E-state index in [1.165, 1.54) is 0 Å². The zero-order valence-electron chi connectivity index (χ0n) is 15.0. The van der Waals surface area contributed by atoms with Crippen molar-refractivity contribution in [3.8, 4) is 0 Å². The molecule has 6 heteroatoms. The van der Waals surface area contributed by atoms with Crippen LogP contribution in [-0.4, -0.2) is 24.9 Å². The number of nitrogens with two attached hydrogens (primary N) is 1. The van der Waals surface area contributed by atoms with E-state index in [-0.39, 0.29) is 11.6 Å². The first-order valence-corrected chi connectivity index (χ1v) is 8.53. The van der Waals surface area contributed by atoms with Crippen molar-refractivity contribution >= 4 is 23.6 Å². The average Bonchev–Trinajstić information content (AvgIpc) is 2.69. The first kappa shape index (κ1) is 19.2. The third kappa shape index (κ3) is 4.94. The van der Waals surface area contributed by atoms with Crippen LogP contribution >= 0.6 is 0 Å². The SMILES string of the molecule is CCN(CC)c1ccc(/C=C(\NC(=O)c2ccccc2)C(=O)NN)cc1. The Hall–Kier alpha value is -3.12. The fraction of sp³-hybridized carbons (Fsp3) is 0.200. The van der Waals surface area contributed by atoms with Crippen LogP contribution in [0.25, 0.3) is 6.08 Å². The maximum Gasteiger partial charge on any atom is 0.281 e. The van der Waals surface area contributed by atoms with Gasteiger partial charge in [-0.25, -0.2) is 5.84 Å². The number of hydrogen-bond acceptors (Lipinski definition) is 4. The van der Waals surface area contributed by atoms with E-state index in [0.717, 1.165) is 24.3 Å². The Morgan fingerprint density at radius 1 is 1.00 bits per heavy atom. The minimum absolute atomic E-state index is 0.0805. The number of hydrogen-bond donors (Lipinski definition) is 3. The molecule has 0 heterocycles. The van der Waals surface area contributed by atoms with E-state index in [0.29, 0.717) is 5.56 Å². The van der Waals surface area contributed by atoms with Crippen molar-refractivity contribution in [1.82, 2.24) is 10.7 Å². The number of rotatable bonds is 7. The Balaban J connectivity index is 2.23. The maximum atomic E-state index is 12.3. The van der Waals surface area contributed by atoms with Crippen LogP contribution in [0.4, 0.5) is 5.69 Å². The van der Waals surface area contributed by atoms with Gasteiger partial charge in [-0.1, -0.05) is 30.3 Å². The van der Waals surface area contributed by atoms with Crippen molar-refractivity contribution in [3.63, 3.8) is 0 Å². The Morgan fingerprint density at radius 2 is 1.62 bits per heavy atom. The quantitative estimate of drug-likeness (QED) is 0.309. The molecule has 2 aromatic rings. The third-order valence-electron chi connectivity index (χ3n) is 3.99. The smallest absolute Gasteiger partial charge is 0.281 e. The Kier molecular flexibility index (Phi) is 6.93. The molecule has 0 radical (unpaired) electrons. The molecule has 0 aliphatic heterocycles. The van der Waals surface area contributed by atoms with Gasteiger partial charge in [0.2, 0.25) is 0 Å². The van der Waals surface area contributed by atoms with Crippen LogP contribution in [-0.2, 0) is 4.79 Å². The lowest BCUT2D eigenvalue weighted by molar-refractivity contribution is -0.117. The summed E-state index contributed by atoms with van der Waals surface area (Å²) in [7, 11) is 0. The lowest BCUT2D eigenvalue weighted by Gasteiger charge is -2.20. The highest BCUT2D eigenvalue weighted by atomic mass is 16.2. The zero-order chi connectivity index (χ0) is 18.9. The first-order valence-electron chi connectivity index (χ1n) is 8.53. The maximum absolute atomic E-state index is 12.3. The van der Waals surface area contributed by atoms with Gasteiger partial charge in [0.05, 0.1) is 0 Å². The van der Waals surface area contributed by atoms with Crippen LogP contribution < -0.4 is 21.5 Å². The average molecular weight is 352 g/mol. The lowest BCUT2D eigenvalue weighted by atomic mass is 10.1. The molecule has 136 valence electrons. The molecule has 2 aromatic carbocycles. The zero-order valence-corrected chi connectivity index (χ0v) is 15.0. The highest BCUT2D eigenvalue weighted by Gasteiger charge is 2.13. The number of nitrogens with zero attached hydrogens (tertiary/aromatic N) is 1. The molecule has 0 saturated carbocycles. The van der Waals surface area contributed by atoms with E-state index in [9.17, 15) is 9.59 Å². The molecule has 0 atom stereocenters. The Bertz CT molecular complexity index is 766. The molecule has 0 unspecified atom stereocenters. The monoisotopic (exact) mass is 352 g/mol. The number of carbonyl (C=O) groups excluding carboxylic acids is 2. The molecule has 0 aromatic heterocycles. The molecule has 2 rings (SSSR count). The minimum atomic E-state index is -0.567.